The van der Waals surface area contributed by atoms with Crippen LogP contribution in [0.3, 0.4) is 0 Å². The Morgan fingerprint density at radius 2 is 2.35 bits per heavy atom. The second kappa shape index (κ2) is 10.2. The molecule has 0 spiro atoms. The highest BCUT2D eigenvalue weighted by Gasteiger charge is 2.14. The van der Waals surface area contributed by atoms with Crippen LogP contribution >= 0.6 is 0 Å². The van der Waals surface area contributed by atoms with Gasteiger partial charge in [-0.3, -0.25) is 0 Å². The number of hydrogen-bond donors (Lipinski definition) is 2. The van der Waals surface area contributed by atoms with E-state index in [1.54, 1.807) is 6.92 Å². The van der Waals surface area contributed by atoms with Crippen LogP contribution in [0.2, 0.25) is 0 Å². The molecule has 1 aromatic rings. The molecule has 0 aromatic carbocycles. The zero-order valence-corrected chi connectivity index (χ0v) is 14.0. The summed E-state index contributed by atoms with van der Waals surface area (Å²) in [5, 5.41) is 10.2. The van der Waals surface area contributed by atoms with Crippen LogP contribution in [0.15, 0.2) is 9.52 Å². The molecule has 2 N–H and O–H groups in total. The predicted octanol–water partition coefficient (Wildman–Crippen LogP) is 1.02. The van der Waals surface area contributed by atoms with Crippen molar-refractivity contribution in [2.45, 2.75) is 45.8 Å². The molecule has 8 heteroatoms. The second-order valence-corrected chi connectivity index (χ2v) is 5.42. The first kappa shape index (κ1) is 17.7. The molecule has 1 aromatic heterocycles. The molecule has 1 saturated heterocycles. The minimum atomic E-state index is 0.291. The van der Waals surface area contributed by atoms with Crippen molar-refractivity contribution in [1.82, 2.24) is 20.8 Å². The van der Waals surface area contributed by atoms with Crippen molar-refractivity contribution in [3.63, 3.8) is 0 Å². The third kappa shape index (κ3) is 6.96. The molecule has 1 fully saturated rings. The molecule has 0 amide bonds. The number of hydrogen-bond acceptors (Lipinski definition) is 6. The Bertz CT molecular complexity index is 471. The fourth-order valence-corrected chi connectivity index (χ4v) is 2.26. The Balaban J connectivity index is 1.59. The second-order valence-electron chi connectivity index (χ2n) is 5.42. The van der Waals surface area contributed by atoms with Crippen LogP contribution < -0.4 is 10.6 Å². The fraction of sp³-hybridized carbons (Fsp3) is 0.800. The SMILES string of the molecule is CCNC(=NCc1nc(C)no1)NCCCOCC1CCCO1. The van der Waals surface area contributed by atoms with E-state index in [0.29, 0.717) is 31.0 Å². The zero-order chi connectivity index (χ0) is 16.3. The highest BCUT2D eigenvalue weighted by atomic mass is 16.5. The molecule has 1 aliphatic rings. The van der Waals surface area contributed by atoms with Gasteiger partial charge in [0.1, 0.15) is 6.54 Å². The van der Waals surface area contributed by atoms with Crippen LogP contribution in [0.1, 0.15) is 37.9 Å². The Hall–Kier alpha value is -1.67. The summed E-state index contributed by atoms with van der Waals surface area (Å²) in [6.07, 6.45) is 3.47. The van der Waals surface area contributed by atoms with Crippen molar-refractivity contribution in [2.24, 2.45) is 4.99 Å². The van der Waals surface area contributed by atoms with Crippen molar-refractivity contribution in [1.29, 1.82) is 0 Å². The lowest BCUT2D eigenvalue weighted by Gasteiger charge is -2.12. The summed E-state index contributed by atoms with van der Waals surface area (Å²) in [5.74, 6) is 1.87. The summed E-state index contributed by atoms with van der Waals surface area (Å²) in [5.41, 5.74) is 0. The average molecular weight is 325 g/mol. The van der Waals surface area contributed by atoms with Gasteiger partial charge in [0.15, 0.2) is 11.8 Å². The van der Waals surface area contributed by atoms with E-state index in [-0.39, 0.29) is 0 Å². The highest BCUT2D eigenvalue weighted by Crippen LogP contribution is 2.11. The first-order chi connectivity index (χ1) is 11.3. The van der Waals surface area contributed by atoms with Crippen molar-refractivity contribution >= 4 is 5.96 Å². The van der Waals surface area contributed by atoms with E-state index in [1.807, 2.05) is 6.92 Å². The fourth-order valence-electron chi connectivity index (χ4n) is 2.26. The monoisotopic (exact) mass is 325 g/mol. The highest BCUT2D eigenvalue weighted by molar-refractivity contribution is 5.79. The molecule has 23 heavy (non-hydrogen) atoms. The number of rotatable bonds is 9. The molecule has 0 radical (unpaired) electrons. The van der Waals surface area contributed by atoms with Crippen LogP contribution in [-0.4, -0.2) is 55.1 Å². The van der Waals surface area contributed by atoms with E-state index in [1.165, 1.54) is 0 Å². The van der Waals surface area contributed by atoms with E-state index < -0.39 is 0 Å². The number of aliphatic imine (C=N–C) groups is 1. The summed E-state index contributed by atoms with van der Waals surface area (Å²) in [6.45, 7) is 8.06. The van der Waals surface area contributed by atoms with E-state index in [9.17, 15) is 0 Å². The standard InChI is InChI=1S/C15H27N5O3/c1-3-16-15(18-10-14-19-12(2)20-23-14)17-7-5-8-21-11-13-6-4-9-22-13/h13H,3-11H2,1-2H3,(H2,16,17,18). The van der Waals surface area contributed by atoms with Crippen LogP contribution in [0.25, 0.3) is 0 Å². The number of guanidine groups is 1. The van der Waals surface area contributed by atoms with Gasteiger partial charge in [0.25, 0.3) is 0 Å². The van der Waals surface area contributed by atoms with Crippen molar-refractivity contribution in [3.05, 3.63) is 11.7 Å². The lowest BCUT2D eigenvalue weighted by atomic mass is 10.2. The topological polar surface area (TPSA) is 93.8 Å². The number of nitrogens with one attached hydrogen (secondary N) is 2. The quantitative estimate of drug-likeness (QED) is 0.398. The molecule has 1 atom stereocenters. The van der Waals surface area contributed by atoms with Gasteiger partial charge in [0, 0.05) is 26.3 Å². The first-order valence-electron chi connectivity index (χ1n) is 8.28. The number of aromatic nitrogens is 2. The smallest absolute Gasteiger partial charge is 0.248 e. The molecule has 0 aliphatic carbocycles. The lowest BCUT2D eigenvalue weighted by Crippen LogP contribution is -2.38. The lowest BCUT2D eigenvalue weighted by molar-refractivity contribution is 0.0168. The van der Waals surface area contributed by atoms with Gasteiger partial charge in [-0.15, -0.1) is 0 Å². The van der Waals surface area contributed by atoms with Crippen molar-refractivity contribution in [3.8, 4) is 0 Å². The largest absolute Gasteiger partial charge is 0.379 e. The number of nitrogens with zero attached hydrogens (tertiary/aromatic N) is 3. The zero-order valence-electron chi connectivity index (χ0n) is 14.0. The van der Waals surface area contributed by atoms with Gasteiger partial charge in [0.2, 0.25) is 5.89 Å². The Morgan fingerprint density at radius 3 is 3.04 bits per heavy atom. The van der Waals surface area contributed by atoms with Gasteiger partial charge in [0.05, 0.1) is 12.7 Å². The molecule has 1 aliphatic heterocycles. The molecule has 0 saturated carbocycles. The maximum atomic E-state index is 5.63. The Morgan fingerprint density at radius 1 is 1.43 bits per heavy atom. The van der Waals surface area contributed by atoms with Crippen LogP contribution in [0, 0.1) is 6.92 Å². The number of ether oxygens (including phenoxy) is 2. The summed E-state index contributed by atoms with van der Waals surface area (Å²) >= 11 is 0. The summed E-state index contributed by atoms with van der Waals surface area (Å²) in [4.78, 5) is 8.54. The van der Waals surface area contributed by atoms with E-state index in [4.69, 9.17) is 14.0 Å². The van der Waals surface area contributed by atoms with Crippen molar-refractivity contribution in [2.75, 3.05) is 32.9 Å². The molecule has 2 heterocycles. The van der Waals surface area contributed by atoms with Gasteiger partial charge in [-0.2, -0.15) is 4.98 Å². The molecule has 0 bridgehead atoms. The third-order valence-corrected chi connectivity index (χ3v) is 3.37. The molecular formula is C15H27N5O3. The van der Waals surface area contributed by atoms with Gasteiger partial charge in [-0.25, -0.2) is 4.99 Å². The maximum absolute atomic E-state index is 5.63. The number of aryl methyl sites for hydroxylation is 1. The Kier molecular flexibility index (Phi) is 7.82. The average Bonchev–Trinajstić information content (AvgIpc) is 3.19. The minimum absolute atomic E-state index is 0.291. The first-order valence-corrected chi connectivity index (χ1v) is 8.28. The minimum Gasteiger partial charge on any atom is -0.379 e. The van der Waals surface area contributed by atoms with Crippen LogP contribution in [-0.2, 0) is 16.0 Å². The van der Waals surface area contributed by atoms with Crippen LogP contribution in [0.5, 0.6) is 0 Å². The van der Waals surface area contributed by atoms with E-state index in [0.717, 1.165) is 51.5 Å². The third-order valence-electron chi connectivity index (χ3n) is 3.37. The van der Waals surface area contributed by atoms with Gasteiger partial charge in [-0.1, -0.05) is 5.16 Å². The molecule has 8 nitrogen and oxygen atoms in total. The molecule has 130 valence electrons. The van der Waals surface area contributed by atoms with Crippen LogP contribution in [0.4, 0.5) is 0 Å². The normalized spacial score (nSPS) is 18.3. The van der Waals surface area contributed by atoms with Gasteiger partial charge < -0.3 is 24.6 Å². The molecule has 2 rings (SSSR count). The van der Waals surface area contributed by atoms with Gasteiger partial charge >= 0.3 is 0 Å². The van der Waals surface area contributed by atoms with E-state index in [2.05, 4.69) is 25.8 Å². The van der Waals surface area contributed by atoms with Crippen molar-refractivity contribution < 1.29 is 14.0 Å². The predicted molar refractivity (Wildman–Crippen MR) is 86.3 cm³/mol. The maximum Gasteiger partial charge on any atom is 0.248 e. The van der Waals surface area contributed by atoms with E-state index >= 15 is 0 Å². The molecular weight excluding hydrogens is 298 g/mol. The van der Waals surface area contributed by atoms with Gasteiger partial charge in [-0.05, 0) is 33.1 Å². The molecule has 1 unspecified atom stereocenters. The summed E-state index contributed by atoms with van der Waals surface area (Å²) in [7, 11) is 0. The summed E-state index contributed by atoms with van der Waals surface area (Å²) < 4.78 is 16.2. The Labute approximate surface area is 137 Å². The summed E-state index contributed by atoms with van der Waals surface area (Å²) in [6, 6.07) is 0.